The molecule has 0 bridgehead atoms. The van der Waals surface area contributed by atoms with Crippen molar-refractivity contribution in [2.75, 3.05) is 39.9 Å². The zero-order chi connectivity index (χ0) is 16.4. The minimum Gasteiger partial charge on any atom is -0.383 e. The number of aryl methyl sites for hydroxylation is 1. The fourth-order valence-electron chi connectivity index (χ4n) is 3.30. The number of hydrogen-bond donors (Lipinski definition) is 1. The van der Waals surface area contributed by atoms with Crippen LogP contribution in [0.5, 0.6) is 0 Å². The van der Waals surface area contributed by atoms with E-state index in [-0.39, 0.29) is 5.91 Å². The van der Waals surface area contributed by atoms with Gasteiger partial charge in [-0.15, -0.1) is 0 Å². The number of methoxy groups -OCH3 is 1. The molecule has 1 aliphatic rings. The molecule has 5 heteroatoms. The number of nitrogens with zero attached hydrogens (tertiary/aromatic N) is 2. The summed E-state index contributed by atoms with van der Waals surface area (Å²) in [7, 11) is 1.72. The summed E-state index contributed by atoms with van der Waals surface area (Å²) >= 11 is 0. The number of carbonyl (C=O) groups is 1. The lowest BCUT2D eigenvalue weighted by Gasteiger charge is -2.27. The molecule has 1 aromatic carbocycles. The molecule has 3 rings (SSSR count). The van der Waals surface area contributed by atoms with Crippen molar-refractivity contribution < 1.29 is 9.53 Å². The fourth-order valence-corrected chi connectivity index (χ4v) is 3.30. The van der Waals surface area contributed by atoms with E-state index in [0.717, 1.165) is 38.3 Å². The normalized spacial score (nSPS) is 15.3. The Morgan fingerprint density at radius 1 is 1.26 bits per heavy atom. The van der Waals surface area contributed by atoms with Gasteiger partial charge in [0.2, 0.25) is 0 Å². The van der Waals surface area contributed by atoms with Gasteiger partial charge in [-0.1, -0.05) is 0 Å². The standard InChI is InChI=1S/C18H25N3O2/c1-13-14(2)21(10-11-23-3)17-5-4-15(12-16(13)17)18(22)20-8-6-19-7-9-20/h4-5,12,19H,6-11H2,1-3H3. The number of nitrogens with one attached hydrogen (secondary N) is 1. The van der Waals surface area contributed by atoms with Crippen molar-refractivity contribution in [3.8, 4) is 0 Å². The highest BCUT2D eigenvalue weighted by Crippen LogP contribution is 2.26. The number of hydrogen-bond acceptors (Lipinski definition) is 3. The molecule has 1 saturated heterocycles. The van der Waals surface area contributed by atoms with Crippen LogP contribution in [0.15, 0.2) is 18.2 Å². The van der Waals surface area contributed by atoms with Gasteiger partial charge in [0.25, 0.3) is 5.91 Å². The maximum atomic E-state index is 12.7. The van der Waals surface area contributed by atoms with E-state index in [1.165, 1.54) is 22.2 Å². The molecule has 0 unspecified atom stereocenters. The second-order valence-electron chi connectivity index (χ2n) is 6.13. The van der Waals surface area contributed by atoms with E-state index in [4.69, 9.17) is 4.74 Å². The first-order valence-electron chi connectivity index (χ1n) is 8.22. The van der Waals surface area contributed by atoms with Crippen molar-refractivity contribution in [3.63, 3.8) is 0 Å². The summed E-state index contributed by atoms with van der Waals surface area (Å²) in [5.41, 5.74) is 4.44. The fraction of sp³-hybridized carbons (Fsp3) is 0.500. The minimum atomic E-state index is 0.134. The molecule has 5 nitrogen and oxygen atoms in total. The second-order valence-corrected chi connectivity index (χ2v) is 6.13. The molecular formula is C18H25N3O2. The number of benzene rings is 1. The van der Waals surface area contributed by atoms with Crippen LogP contribution in [-0.2, 0) is 11.3 Å². The molecule has 1 fully saturated rings. The molecule has 1 aliphatic heterocycles. The zero-order valence-electron chi connectivity index (χ0n) is 14.2. The van der Waals surface area contributed by atoms with E-state index in [1.54, 1.807) is 7.11 Å². The van der Waals surface area contributed by atoms with Gasteiger partial charge in [-0.3, -0.25) is 4.79 Å². The second kappa shape index (κ2) is 6.72. The summed E-state index contributed by atoms with van der Waals surface area (Å²) in [4.78, 5) is 14.6. The van der Waals surface area contributed by atoms with E-state index >= 15 is 0 Å². The van der Waals surface area contributed by atoms with Crippen molar-refractivity contribution >= 4 is 16.8 Å². The molecular weight excluding hydrogens is 290 g/mol. The highest BCUT2D eigenvalue weighted by atomic mass is 16.5. The highest BCUT2D eigenvalue weighted by molar-refractivity contribution is 5.99. The largest absolute Gasteiger partial charge is 0.383 e. The monoisotopic (exact) mass is 315 g/mol. The van der Waals surface area contributed by atoms with E-state index in [2.05, 4.69) is 29.8 Å². The molecule has 124 valence electrons. The third kappa shape index (κ3) is 2.99. The van der Waals surface area contributed by atoms with Gasteiger partial charge in [-0.2, -0.15) is 0 Å². The van der Waals surface area contributed by atoms with Crippen LogP contribution in [0.1, 0.15) is 21.6 Å². The van der Waals surface area contributed by atoms with Crippen LogP contribution in [0.25, 0.3) is 10.9 Å². The number of ether oxygens (including phenoxy) is 1. The maximum Gasteiger partial charge on any atom is 0.253 e. The molecule has 2 heterocycles. The van der Waals surface area contributed by atoms with E-state index in [9.17, 15) is 4.79 Å². The molecule has 1 N–H and O–H groups in total. The Bertz CT molecular complexity index is 715. The van der Waals surface area contributed by atoms with Gasteiger partial charge in [0.1, 0.15) is 0 Å². The number of aromatic nitrogens is 1. The Morgan fingerprint density at radius 2 is 2.00 bits per heavy atom. The van der Waals surface area contributed by atoms with E-state index < -0.39 is 0 Å². The average Bonchev–Trinajstić information content (AvgIpc) is 2.84. The first kappa shape index (κ1) is 16.0. The molecule has 0 spiro atoms. The van der Waals surface area contributed by atoms with Crippen LogP contribution in [0, 0.1) is 13.8 Å². The Hall–Kier alpha value is -1.85. The van der Waals surface area contributed by atoms with Crippen LogP contribution in [0.3, 0.4) is 0 Å². The molecule has 0 atom stereocenters. The quantitative estimate of drug-likeness (QED) is 0.938. The lowest BCUT2D eigenvalue weighted by atomic mass is 10.1. The van der Waals surface area contributed by atoms with Gasteiger partial charge < -0.3 is 19.5 Å². The van der Waals surface area contributed by atoms with Crippen LogP contribution < -0.4 is 5.32 Å². The number of rotatable bonds is 4. The average molecular weight is 315 g/mol. The Kier molecular flexibility index (Phi) is 4.68. The Balaban J connectivity index is 1.95. The molecule has 1 aromatic heterocycles. The predicted octanol–water partition coefficient (Wildman–Crippen LogP) is 1.95. The number of amides is 1. The van der Waals surface area contributed by atoms with Gasteiger partial charge >= 0.3 is 0 Å². The molecule has 23 heavy (non-hydrogen) atoms. The third-order valence-corrected chi connectivity index (χ3v) is 4.81. The summed E-state index contributed by atoms with van der Waals surface area (Å²) in [6.07, 6.45) is 0. The number of carbonyl (C=O) groups excluding carboxylic acids is 1. The van der Waals surface area contributed by atoms with E-state index in [1.807, 2.05) is 17.0 Å². The Morgan fingerprint density at radius 3 is 2.70 bits per heavy atom. The molecule has 0 aliphatic carbocycles. The zero-order valence-corrected chi connectivity index (χ0v) is 14.2. The van der Waals surface area contributed by atoms with Crippen molar-refractivity contribution in [2.24, 2.45) is 0 Å². The van der Waals surface area contributed by atoms with Crippen molar-refractivity contribution in [2.45, 2.75) is 20.4 Å². The maximum absolute atomic E-state index is 12.7. The van der Waals surface area contributed by atoms with Crippen molar-refractivity contribution in [3.05, 3.63) is 35.0 Å². The van der Waals surface area contributed by atoms with Gasteiger partial charge in [0.05, 0.1) is 6.61 Å². The summed E-state index contributed by atoms with van der Waals surface area (Å²) in [5.74, 6) is 0.134. The van der Waals surface area contributed by atoms with Crippen LogP contribution in [0.2, 0.25) is 0 Å². The van der Waals surface area contributed by atoms with Gasteiger partial charge in [0.15, 0.2) is 0 Å². The van der Waals surface area contributed by atoms with Gasteiger partial charge in [-0.05, 0) is 37.6 Å². The first-order chi connectivity index (χ1) is 11.1. The first-order valence-corrected chi connectivity index (χ1v) is 8.22. The van der Waals surface area contributed by atoms with Crippen LogP contribution >= 0.6 is 0 Å². The SMILES string of the molecule is COCCn1c(C)c(C)c2cc(C(=O)N3CCNCC3)ccc21. The molecule has 0 radical (unpaired) electrons. The molecule has 1 amide bonds. The Labute approximate surface area is 137 Å². The molecule has 0 saturated carbocycles. The smallest absolute Gasteiger partial charge is 0.253 e. The van der Waals surface area contributed by atoms with Gasteiger partial charge in [-0.25, -0.2) is 0 Å². The minimum absolute atomic E-state index is 0.134. The third-order valence-electron chi connectivity index (χ3n) is 4.81. The summed E-state index contributed by atoms with van der Waals surface area (Å²) in [6.45, 7) is 9.08. The summed E-state index contributed by atoms with van der Waals surface area (Å²) in [6, 6.07) is 6.07. The van der Waals surface area contributed by atoms with Crippen LogP contribution in [0.4, 0.5) is 0 Å². The van der Waals surface area contributed by atoms with Crippen LogP contribution in [-0.4, -0.2) is 55.3 Å². The number of piperazine rings is 1. The lowest BCUT2D eigenvalue weighted by Crippen LogP contribution is -2.46. The van der Waals surface area contributed by atoms with Gasteiger partial charge in [0, 0.05) is 62.0 Å². The highest BCUT2D eigenvalue weighted by Gasteiger charge is 2.19. The summed E-state index contributed by atoms with van der Waals surface area (Å²) in [5, 5.41) is 4.45. The van der Waals surface area contributed by atoms with E-state index in [0.29, 0.717) is 6.61 Å². The van der Waals surface area contributed by atoms with Crippen molar-refractivity contribution in [1.82, 2.24) is 14.8 Å². The predicted molar refractivity (Wildman–Crippen MR) is 92.1 cm³/mol. The topological polar surface area (TPSA) is 46.5 Å². The molecule has 2 aromatic rings. The number of fused-ring (bicyclic) bond motifs is 1. The van der Waals surface area contributed by atoms with Crippen molar-refractivity contribution in [1.29, 1.82) is 0 Å². The summed E-state index contributed by atoms with van der Waals surface area (Å²) < 4.78 is 7.48. The lowest BCUT2D eigenvalue weighted by molar-refractivity contribution is 0.0736.